The van der Waals surface area contributed by atoms with E-state index in [0.29, 0.717) is 12.0 Å². The van der Waals surface area contributed by atoms with E-state index in [0.717, 1.165) is 19.1 Å². The highest BCUT2D eigenvalue weighted by Gasteiger charge is 2.35. The summed E-state index contributed by atoms with van der Waals surface area (Å²) in [5.41, 5.74) is 2.89. The summed E-state index contributed by atoms with van der Waals surface area (Å²) in [4.78, 5) is 5.26. The second-order valence-electron chi connectivity index (χ2n) is 6.89. The molecule has 116 valence electrons. The van der Waals surface area contributed by atoms with Gasteiger partial charge in [-0.2, -0.15) is 0 Å². The number of nitrogens with zero attached hydrogens (tertiary/aromatic N) is 2. The minimum absolute atomic E-state index is 0.547. The van der Waals surface area contributed by atoms with Crippen LogP contribution in [-0.4, -0.2) is 55.1 Å². The molecule has 0 aliphatic carbocycles. The summed E-state index contributed by atoms with van der Waals surface area (Å²) >= 11 is 0. The molecule has 3 nitrogen and oxygen atoms in total. The molecule has 3 heteroatoms. The highest BCUT2D eigenvalue weighted by Crippen LogP contribution is 2.28. The van der Waals surface area contributed by atoms with Gasteiger partial charge in [0.25, 0.3) is 0 Å². The molecule has 1 N–H and O–H groups in total. The maximum absolute atomic E-state index is 3.44. The molecular weight excluding hydrogens is 258 g/mol. The van der Waals surface area contributed by atoms with Crippen molar-refractivity contribution in [2.45, 2.75) is 38.8 Å². The van der Waals surface area contributed by atoms with Crippen LogP contribution in [0.4, 0.5) is 0 Å². The van der Waals surface area contributed by atoms with Gasteiger partial charge in [0.15, 0.2) is 0 Å². The fourth-order valence-electron chi connectivity index (χ4n) is 3.45. The van der Waals surface area contributed by atoms with Crippen LogP contribution in [0.3, 0.4) is 0 Å². The molecule has 0 saturated carbocycles. The van der Waals surface area contributed by atoms with E-state index >= 15 is 0 Å². The molecule has 0 spiro atoms. The lowest BCUT2D eigenvalue weighted by molar-refractivity contribution is 0.00347. The van der Waals surface area contributed by atoms with Crippen molar-refractivity contribution in [3.8, 4) is 0 Å². The minimum atomic E-state index is 0.547. The van der Waals surface area contributed by atoms with Crippen molar-refractivity contribution < 1.29 is 0 Å². The van der Waals surface area contributed by atoms with Gasteiger partial charge in [-0.25, -0.2) is 0 Å². The standard InChI is InChI=1S/C18H29N3/c1-14(2)16-4-6-17(7-5-16)15(3)21-12-18(13-21)20-10-8-19-9-11-20/h4-7,14-15,18-19H,8-13H2,1-3H3. The predicted molar refractivity (Wildman–Crippen MR) is 88.7 cm³/mol. The van der Waals surface area contributed by atoms with Crippen molar-refractivity contribution in [2.75, 3.05) is 39.3 Å². The summed E-state index contributed by atoms with van der Waals surface area (Å²) in [5.74, 6) is 0.621. The SMILES string of the molecule is CC(C)c1ccc(C(C)N2CC(N3CCNCC3)C2)cc1. The maximum atomic E-state index is 3.44. The molecule has 0 aromatic heterocycles. The smallest absolute Gasteiger partial charge is 0.0351 e. The number of nitrogens with one attached hydrogen (secondary N) is 1. The molecule has 2 saturated heterocycles. The highest BCUT2D eigenvalue weighted by molar-refractivity contribution is 5.27. The molecule has 1 aromatic rings. The monoisotopic (exact) mass is 287 g/mol. The van der Waals surface area contributed by atoms with E-state index in [-0.39, 0.29) is 0 Å². The first-order valence-electron chi connectivity index (χ1n) is 8.44. The van der Waals surface area contributed by atoms with Crippen molar-refractivity contribution in [2.24, 2.45) is 0 Å². The molecule has 2 heterocycles. The third kappa shape index (κ3) is 3.31. The Kier molecular flexibility index (Phi) is 4.63. The summed E-state index contributed by atoms with van der Waals surface area (Å²) in [6.45, 7) is 14.1. The Hall–Kier alpha value is -0.900. The number of hydrogen-bond acceptors (Lipinski definition) is 3. The van der Waals surface area contributed by atoms with Crippen LogP contribution in [0, 0.1) is 0 Å². The Labute approximate surface area is 129 Å². The van der Waals surface area contributed by atoms with Gasteiger partial charge in [0.05, 0.1) is 0 Å². The fraction of sp³-hybridized carbons (Fsp3) is 0.667. The molecule has 2 aliphatic rings. The molecule has 21 heavy (non-hydrogen) atoms. The first-order chi connectivity index (χ1) is 10.1. The van der Waals surface area contributed by atoms with E-state index in [2.05, 4.69) is 60.2 Å². The Morgan fingerprint density at radius 2 is 1.52 bits per heavy atom. The maximum Gasteiger partial charge on any atom is 0.0351 e. The number of piperazine rings is 1. The molecule has 0 amide bonds. The van der Waals surface area contributed by atoms with Gasteiger partial charge in [-0.1, -0.05) is 38.1 Å². The second kappa shape index (κ2) is 6.47. The largest absolute Gasteiger partial charge is 0.314 e. The van der Waals surface area contributed by atoms with E-state index in [1.165, 1.54) is 37.3 Å². The Morgan fingerprint density at radius 3 is 2.10 bits per heavy atom. The van der Waals surface area contributed by atoms with Gasteiger partial charge in [-0.05, 0) is 24.0 Å². The quantitative estimate of drug-likeness (QED) is 0.918. The molecule has 2 fully saturated rings. The van der Waals surface area contributed by atoms with Crippen LogP contribution in [0.15, 0.2) is 24.3 Å². The lowest BCUT2D eigenvalue weighted by Gasteiger charge is -2.49. The Bertz CT molecular complexity index is 442. The predicted octanol–water partition coefficient (Wildman–Crippen LogP) is 2.46. The van der Waals surface area contributed by atoms with Crippen molar-refractivity contribution in [3.05, 3.63) is 35.4 Å². The van der Waals surface area contributed by atoms with Gasteiger partial charge in [-0.3, -0.25) is 9.80 Å². The summed E-state index contributed by atoms with van der Waals surface area (Å²) in [5, 5.41) is 3.44. The average molecular weight is 287 g/mol. The average Bonchev–Trinajstić information content (AvgIpc) is 2.47. The van der Waals surface area contributed by atoms with Gasteiger partial charge in [0, 0.05) is 51.4 Å². The summed E-state index contributed by atoms with van der Waals surface area (Å²) in [7, 11) is 0. The van der Waals surface area contributed by atoms with Crippen LogP contribution in [0.1, 0.15) is 43.9 Å². The van der Waals surface area contributed by atoms with Crippen LogP contribution < -0.4 is 5.32 Å². The third-order valence-electron chi connectivity index (χ3n) is 5.19. The van der Waals surface area contributed by atoms with Crippen LogP contribution in [-0.2, 0) is 0 Å². The van der Waals surface area contributed by atoms with Crippen LogP contribution in [0.5, 0.6) is 0 Å². The van der Waals surface area contributed by atoms with Crippen molar-refractivity contribution >= 4 is 0 Å². The Morgan fingerprint density at radius 1 is 0.952 bits per heavy atom. The summed E-state index contributed by atoms with van der Waals surface area (Å²) < 4.78 is 0. The zero-order chi connectivity index (χ0) is 14.8. The molecular formula is C18H29N3. The van der Waals surface area contributed by atoms with Gasteiger partial charge >= 0.3 is 0 Å². The zero-order valence-electron chi connectivity index (χ0n) is 13.7. The third-order valence-corrected chi connectivity index (χ3v) is 5.19. The number of benzene rings is 1. The van der Waals surface area contributed by atoms with Crippen LogP contribution in [0.2, 0.25) is 0 Å². The molecule has 3 rings (SSSR count). The van der Waals surface area contributed by atoms with Crippen LogP contribution >= 0.6 is 0 Å². The van der Waals surface area contributed by atoms with E-state index in [1.54, 1.807) is 0 Å². The van der Waals surface area contributed by atoms with E-state index in [9.17, 15) is 0 Å². The molecule has 1 atom stereocenters. The second-order valence-corrected chi connectivity index (χ2v) is 6.89. The molecule has 1 unspecified atom stereocenters. The van der Waals surface area contributed by atoms with E-state index in [1.807, 2.05) is 0 Å². The normalized spacial score (nSPS) is 23.2. The van der Waals surface area contributed by atoms with Crippen molar-refractivity contribution in [1.29, 1.82) is 0 Å². The number of hydrogen-bond donors (Lipinski definition) is 1. The zero-order valence-corrected chi connectivity index (χ0v) is 13.7. The van der Waals surface area contributed by atoms with Gasteiger partial charge in [0.1, 0.15) is 0 Å². The first kappa shape index (κ1) is 15.0. The van der Waals surface area contributed by atoms with Gasteiger partial charge in [-0.15, -0.1) is 0 Å². The van der Waals surface area contributed by atoms with E-state index in [4.69, 9.17) is 0 Å². The molecule has 2 aliphatic heterocycles. The number of likely N-dealkylation sites (tertiary alicyclic amines) is 1. The van der Waals surface area contributed by atoms with Crippen LogP contribution in [0.25, 0.3) is 0 Å². The Balaban J connectivity index is 1.53. The summed E-state index contributed by atoms with van der Waals surface area (Å²) in [6.07, 6.45) is 0. The first-order valence-corrected chi connectivity index (χ1v) is 8.44. The van der Waals surface area contributed by atoms with Crippen molar-refractivity contribution in [1.82, 2.24) is 15.1 Å². The highest BCUT2D eigenvalue weighted by atomic mass is 15.3. The minimum Gasteiger partial charge on any atom is -0.314 e. The van der Waals surface area contributed by atoms with Gasteiger partial charge < -0.3 is 5.32 Å². The van der Waals surface area contributed by atoms with Crippen molar-refractivity contribution in [3.63, 3.8) is 0 Å². The lowest BCUT2D eigenvalue weighted by Crippen LogP contribution is -2.62. The molecule has 0 radical (unpaired) electrons. The lowest BCUT2D eigenvalue weighted by atomic mass is 9.96. The number of rotatable bonds is 4. The fourth-order valence-corrected chi connectivity index (χ4v) is 3.45. The summed E-state index contributed by atoms with van der Waals surface area (Å²) in [6, 6.07) is 10.6. The molecule has 1 aromatic carbocycles. The van der Waals surface area contributed by atoms with E-state index < -0.39 is 0 Å². The molecule has 0 bridgehead atoms. The topological polar surface area (TPSA) is 18.5 Å². The van der Waals surface area contributed by atoms with Gasteiger partial charge in [0.2, 0.25) is 0 Å².